The van der Waals surface area contributed by atoms with Crippen LogP contribution in [0.3, 0.4) is 0 Å². The van der Waals surface area contributed by atoms with E-state index in [-0.39, 0.29) is 17.3 Å². The molecule has 1 aromatic rings. The molecule has 3 N–H and O–H groups in total. The van der Waals surface area contributed by atoms with E-state index in [1.165, 1.54) is 15.4 Å². The summed E-state index contributed by atoms with van der Waals surface area (Å²) in [5.74, 6) is -3.92. The fourth-order valence-electron chi connectivity index (χ4n) is 1.24. The van der Waals surface area contributed by atoms with Crippen molar-refractivity contribution in [3.63, 3.8) is 0 Å². The Bertz CT molecular complexity index is 633. The zero-order valence-electron chi connectivity index (χ0n) is 18.4. The minimum Gasteiger partial charge on any atom is -0.487 e. The summed E-state index contributed by atoms with van der Waals surface area (Å²) < 4.78 is 13.5. The Hall–Kier alpha value is -3.53. The molecule has 0 aromatic heterocycles. The van der Waals surface area contributed by atoms with Gasteiger partial charge in [0.15, 0.2) is 17.3 Å². The molecule has 1 aromatic carbocycles. The Balaban J connectivity index is -0.000000337. The first-order valence-electron chi connectivity index (χ1n) is 9.10. The van der Waals surface area contributed by atoms with Crippen molar-refractivity contribution in [1.29, 1.82) is 0 Å². The quantitative estimate of drug-likeness (QED) is 0.287. The second-order valence-electron chi connectivity index (χ2n) is 5.14. The van der Waals surface area contributed by atoms with Crippen molar-refractivity contribution >= 4 is 33.3 Å². The Morgan fingerprint density at radius 1 is 0.710 bits per heavy atom. The highest BCUT2D eigenvalue weighted by Gasteiger charge is 2.02. The molecule has 10 heteroatoms. The van der Waals surface area contributed by atoms with Crippen molar-refractivity contribution in [1.82, 2.24) is 0 Å². The van der Waals surface area contributed by atoms with E-state index in [1.807, 2.05) is 6.07 Å². The van der Waals surface area contributed by atoms with E-state index in [1.54, 1.807) is 20.8 Å². The zero-order chi connectivity index (χ0) is 24.8. The second kappa shape index (κ2) is 21.2. The molecular weight excluding hydrogens is 424 g/mol. The largest absolute Gasteiger partial charge is 0.487 e. The molecule has 0 bridgehead atoms. The summed E-state index contributed by atoms with van der Waals surface area (Å²) >= 11 is 0. The summed E-state index contributed by atoms with van der Waals surface area (Å²) in [6.45, 7) is 15.5. The molecule has 0 atom stereocenters. The standard InChI is InChI=1S/C6H8Si.3C5H8O3/c7-6-4-2-1-3-5-6;3*1-3-8-4(2)5(6)7/h1-5H,7H3;3*2-3H2,1H3,(H,6,7). The predicted molar refractivity (Wildman–Crippen MR) is 121 cm³/mol. The number of carboxylic acid groups (broad SMARTS) is 3. The molecule has 0 spiro atoms. The van der Waals surface area contributed by atoms with Crippen LogP contribution in [-0.2, 0) is 28.6 Å². The number of ether oxygens (including phenoxy) is 3. The third kappa shape index (κ3) is 24.4. The number of carboxylic acids is 3. The SMILES string of the molecule is C=C(OCC)C(=O)O.C=C(OCC)C(=O)O.C=C(OCC)C(=O)O.[SiH3]c1ccccc1. The van der Waals surface area contributed by atoms with Crippen molar-refractivity contribution < 1.29 is 43.9 Å². The lowest BCUT2D eigenvalue weighted by Crippen LogP contribution is -2.02. The molecule has 0 radical (unpaired) electrons. The van der Waals surface area contributed by atoms with E-state index in [0.29, 0.717) is 19.8 Å². The van der Waals surface area contributed by atoms with Crippen LogP contribution in [0.25, 0.3) is 0 Å². The number of aliphatic carboxylic acids is 3. The first-order chi connectivity index (χ1) is 14.4. The van der Waals surface area contributed by atoms with Gasteiger partial charge in [-0.1, -0.05) is 35.5 Å². The van der Waals surface area contributed by atoms with Crippen LogP contribution >= 0.6 is 0 Å². The van der Waals surface area contributed by atoms with Gasteiger partial charge >= 0.3 is 17.9 Å². The average molecular weight is 457 g/mol. The van der Waals surface area contributed by atoms with Gasteiger partial charge in [-0.15, -0.1) is 0 Å². The van der Waals surface area contributed by atoms with Gasteiger partial charge in [0.25, 0.3) is 0 Å². The fraction of sp³-hybridized carbons (Fsp3) is 0.286. The van der Waals surface area contributed by atoms with Gasteiger partial charge in [-0.05, 0) is 40.5 Å². The van der Waals surface area contributed by atoms with Gasteiger partial charge in [0.2, 0.25) is 0 Å². The predicted octanol–water partition coefficient (Wildman–Crippen LogP) is 1.54. The highest BCUT2D eigenvalue weighted by molar-refractivity contribution is 6.32. The molecule has 0 heterocycles. The molecule has 9 nitrogen and oxygen atoms in total. The minimum absolute atomic E-state index is 0.201. The molecule has 0 saturated heterocycles. The van der Waals surface area contributed by atoms with Crippen LogP contribution in [0.15, 0.2) is 67.3 Å². The Labute approximate surface area is 185 Å². The molecular formula is C21H32O9Si. The molecule has 1 rings (SSSR count). The fourth-order valence-corrected chi connectivity index (χ4v) is 1.63. The summed E-state index contributed by atoms with van der Waals surface area (Å²) in [7, 11) is 1.17. The van der Waals surface area contributed by atoms with Crippen LogP contribution < -0.4 is 5.19 Å². The van der Waals surface area contributed by atoms with Crippen LogP contribution in [0, 0.1) is 0 Å². The smallest absolute Gasteiger partial charge is 0.370 e. The number of hydrogen-bond acceptors (Lipinski definition) is 6. The lowest BCUT2D eigenvalue weighted by atomic mass is 10.4. The lowest BCUT2D eigenvalue weighted by molar-refractivity contribution is -0.137. The summed E-state index contributed by atoms with van der Waals surface area (Å²) in [5, 5.41) is 25.7. The molecule has 0 aliphatic rings. The zero-order valence-corrected chi connectivity index (χ0v) is 20.4. The van der Waals surface area contributed by atoms with Gasteiger partial charge < -0.3 is 29.5 Å². The average Bonchev–Trinajstić information content (AvgIpc) is 2.70. The third-order valence-electron chi connectivity index (χ3n) is 2.61. The molecule has 174 valence electrons. The van der Waals surface area contributed by atoms with E-state index >= 15 is 0 Å². The summed E-state index contributed by atoms with van der Waals surface area (Å²) in [5.41, 5.74) is 0. The Kier molecular flexibility index (Phi) is 22.0. The Morgan fingerprint density at radius 3 is 1.06 bits per heavy atom. The van der Waals surface area contributed by atoms with E-state index in [2.05, 4.69) is 58.2 Å². The van der Waals surface area contributed by atoms with E-state index in [4.69, 9.17) is 15.3 Å². The molecule has 0 aliphatic carbocycles. The highest BCUT2D eigenvalue weighted by atomic mass is 28.1. The normalized spacial score (nSPS) is 8.35. The number of hydrogen-bond donors (Lipinski definition) is 3. The molecule has 31 heavy (non-hydrogen) atoms. The number of benzene rings is 1. The first kappa shape index (κ1) is 32.1. The summed E-state index contributed by atoms with van der Waals surface area (Å²) in [6, 6.07) is 10.5. The lowest BCUT2D eigenvalue weighted by Gasteiger charge is -1.97. The molecule has 0 saturated carbocycles. The monoisotopic (exact) mass is 456 g/mol. The van der Waals surface area contributed by atoms with Crippen molar-refractivity contribution in [3.8, 4) is 0 Å². The van der Waals surface area contributed by atoms with Gasteiger partial charge in [-0.25, -0.2) is 14.4 Å². The van der Waals surface area contributed by atoms with E-state index < -0.39 is 17.9 Å². The first-order valence-corrected chi connectivity index (χ1v) is 10.1. The number of carbonyl (C=O) groups is 3. The van der Waals surface area contributed by atoms with Crippen LogP contribution in [-0.4, -0.2) is 63.3 Å². The van der Waals surface area contributed by atoms with Crippen molar-refractivity contribution in [2.24, 2.45) is 0 Å². The van der Waals surface area contributed by atoms with Gasteiger partial charge in [-0.3, -0.25) is 0 Å². The van der Waals surface area contributed by atoms with Gasteiger partial charge in [0.1, 0.15) is 0 Å². The summed E-state index contributed by atoms with van der Waals surface area (Å²) in [4.78, 5) is 29.6. The van der Waals surface area contributed by atoms with Gasteiger partial charge in [0, 0.05) is 10.2 Å². The maximum Gasteiger partial charge on any atom is 0.370 e. The molecule has 0 fully saturated rings. The van der Waals surface area contributed by atoms with Gasteiger partial charge in [0.05, 0.1) is 19.8 Å². The van der Waals surface area contributed by atoms with Crippen molar-refractivity contribution in [2.45, 2.75) is 20.8 Å². The molecule has 0 amide bonds. The maximum absolute atomic E-state index is 9.86. The second-order valence-corrected chi connectivity index (χ2v) is 6.29. The van der Waals surface area contributed by atoms with E-state index in [0.717, 1.165) is 0 Å². The molecule has 0 aliphatic heterocycles. The molecule has 0 unspecified atom stereocenters. The minimum atomic E-state index is -1.10. The summed E-state index contributed by atoms with van der Waals surface area (Å²) in [6.07, 6.45) is 0. The van der Waals surface area contributed by atoms with Gasteiger partial charge in [-0.2, -0.15) is 0 Å². The van der Waals surface area contributed by atoms with Crippen LogP contribution in [0.1, 0.15) is 20.8 Å². The number of rotatable bonds is 9. The third-order valence-corrected chi connectivity index (χ3v) is 3.28. The van der Waals surface area contributed by atoms with E-state index in [9.17, 15) is 14.4 Å². The maximum atomic E-state index is 9.86. The van der Waals surface area contributed by atoms with Crippen LogP contribution in [0.4, 0.5) is 0 Å². The van der Waals surface area contributed by atoms with Crippen LogP contribution in [0.2, 0.25) is 0 Å². The Morgan fingerprint density at radius 2 is 0.968 bits per heavy atom. The van der Waals surface area contributed by atoms with Crippen molar-refractivity contribution in [3.05, 3.63) is 67.3 Å². The van der Waals surface area contributed by atoms with Crippen LogP contribution in [0.5, 0.6) is 0 Å². The topological polar surface area (TPSA) is 140 Å². The highest BCUT2D eigenvalue weighted by Crippen LogP contribution is 1.91. The van der Waals surface area contributed by atoms with Crippen molar-refractivity contribution in [2.75, 3.05) is 19.8 Å².